The number of benzene rings is 2. The van der Waals surface area contributed by atoms with Gasteiger partial charge in [-0.15, -0.1) is 0 Å². The van der Waals surface area contributed by atoms with E-state index >= 15 is 0 Å². The smallest absolute Gasteiger partial charge is 0.259 e. The summed E-state index contributed by atoms with van der Waals surface area (Å²) in [5.74, 6) is 1.07. The van der Waals surface area contributed by atoms with Crippen molar-refractivity contribution in [2.24, 2.45) is 0 Å². The number of anilines is 1. The minimum atomic E-state index is -0.220. The van der Waals surface area contributed by atoms with Gasteiger partial charge >= 0.3 is 0 Å². The summed E-state index contributed by atoms with van der Waals surface area (Å²) in [6, 6.07) is 14.6. The highest BCUT2D eigenvalue weighted by Gasteiger charge is 2.12. The Morgan fingerprint density at radius 3 is 2.62 bits per heavy atom. The van der Waals surface area contributed by atoms with E-state index in [9.17, 15) is 4.79 Å². The molecule has 0 saturated carbocycles. The molecule has 0 aliphatic rings. The van der Waals surface area contributed by atoms with Gasteiger partial charge in [0.25, 0.3) is 5.91 Å². The first-order valence-electron chi connectivity index (χ1n) is 9.08. The molecule has 5 heteroatoms. The summed E-state index contributed by atoms with van der Waals surface area (Å²) in [5.41, 5.74) is 1.18. The Hall–Kier alpha value is -2.53. The number of ether oxygens (including phenoxy) is 3. The highest BCUT2D eigenvalue weighted by atomic mass is 16.5. The monoisotopic (exact) mass is 357 g/mol. The molecule has 0 heterocycles. The lowest BCUT2D eigenvalue weighted by Gasteiger charge is -2.12. The molecule has 0 atom stereocenters. The van der Waals surface area contributed by atoms with E-state index in [0.717, 1.165) is 18.6 Å². The summed E-state index contributed by atoms with van der Waals surface area (Å²) in [4.78, 5) is 12.6. The zero-order valence-corrected chi connectivity index (χ0v) is 15.5. The third-order valence-corrected chi connectivity index (χ3v) is 3.68. The van der Waals surface area contributed by atoms with Crippen LogP contribution in [0.5, 0.6) is 11.5 Å². The van der Waals surface area contributed by atoms with E-state index in [2.05, 4.69) is 12.2 Å². The lowest BCUT2D eigenvalue weighted by atomic mass is 10.2. The molecule has 1 N–H and O–H groups in total. The van der Waals surface area contributed by atoms with Crippen molar-refractivity contribution in [3.8, 4) is 11.5 Å². The fraction of sp³-hybridized carbons (Fsp3) is 0.381. The third-order valence-electron chi connectivity index (χ3n) is 3.68. The van der Waals surface area contributed by atoms with Gasteiger partial charge in [-0.05, 0) is 37.6 Å². The molecule has 2 aromatic carbocycles. The van der Waals surface area contributed by atoms with Crippen LogP contribution in [-0.4, -0.2) is 32.3 Å². The van der Waals surface area contributed by atoms with Crippen LogP contribution in [0.15, 0.2) is 48.5 Å². The van der Waals surface area contributed by atoms with Gasteiger partial charge in [0.05, 0.1) is 18.8 Å². The molecule has 1 amide bonds. The molecule has 5 nitrogen and oxygen atoms in total. The molecule has 140 valence electrons. The van der Waals surface area contributed by atoms with Crippen molar-refractivity contribution in [2.75, 3.05) is 31.7 Å². The Morgan fingerprint density at radius 2 is 1.81 bits per heavy atom. The Morgan fingerprint density at radius 1 is 0.962 bits per heavy atom. The second kappa shape index (κ2) is 11.2. The van der Waals surface area contributed by atoms with Crippen molar-refractivity contribution in [3.05, 3.63) is 54.1 Å². The molecule has 0 spiro atoms. The summed E-state index contributed by atoms with van der Waals surface area (Å²) in [6.45, 7) is 6.25. The van der Waals surface area contributed by atoms with Gasteiger partial charge in [-0.3, -0.25) is 4.79 Å². The van der Waals surface area contributed by atoms with E-state index in [1.807, 2.05) is 43.3 Å². The van der Waals surface area contributed by atoms with Crippen molar-refractivity contribution in [1.82, 2.24) is 0 Å². The van der Waals surface area contributed by atoms with Crippen LogP contribution in [0.2, 0.25) is 0 Å². The van der Waals surface area contributed by atoms with E-state index in [-0.39, 0.29) is 5.91 Å². The third kappa shape index (κ3) is 6.41. The molecule has 0 saturated heterocycles. The van der Waals surface area contributed by atoms with Gasteiger partial charge in [-0.2, -0.15) is 0 Å². The minimum Gasteiger partial charge on any atom is -0.494 e. The number of unbranched alkanes of at least 4 members (excludes halogenated alkanes) is 1. The second-order valence-corrected chi connectivity index (χ2v) is 5.73. The van der Waals surface area contributed by atoms with E-state index in [1.165, 1.54) is 0 Å². The Balaban J connectivity index is 2.00. The number of para-hydroxylation sites is 1. The van der Waals surface area contributed by atoms with Gasteiger partial charge in [0.1, 0.15) is 18.1 Å². The average Bonchev–Trinajstić information content (AvgIpc) is 2.66. The molecule has 26 heavy (non-hydrogen) atoms. The first-order valence-corrected chi connectivity index (χ1v) is 9.08. The van der Waals surface area contributed by atoms with Gasteiger partial charge < -0.3 is 19.5 Å². The first-order chi connectivity index (χ1) is 12.7. The SMILES string of the molecule is CCCCOc1cccc(NC(=O)c2ccccc2OCCOCC)c1. The van der Waals surface area contributed by atoms with Crippen molar-refractivity contribution in [2.45, 2.75) is 26.7 Å². The van der Waals surface area contributed by atoms with Crippen LogP contribution in [0.25, 0.3) is 0 Å². The molecule has 2 rings (SSSR count). The van der Waals surface area contributed by atoms with Crippen molar-refractivity contribution in [1.29, 1.82) is 0 Å². The molecule has 0 fully saturated rings. The van der Waals surface area contributed by atoms with E-state index in [4.69, 9.17) is 14.2 Å². The predicted molar refractivity (Wildman–Crippen MR) is 103 cm³/mol. The lowest BCUT2D eigenvalue weighted by molar-refractivity contribution is 0.0998. The topological polar surface area (TPSA) is 56.8 Å². The molecule has 2 aromatic rings. The average molecular weight is 357 g/mol. The molecule has 0 aliphatic carbocycles. The molecule has 0 aromatic heterocycles. The molecular weight excluding hydrogens is 330 g/mol. The number of rotatable bonds is 11. The number of carbonyl (C=O) groups excluding carboxylic acids is 1. The van der Waals surface area contributed by atoms with Gasteiger partial charge in [0.15, 0.2) is 0 Å². The van der Waals surface area contributed by atoms with Crippen LogP contribution < -0.4 is 14.8 Å². The fourth-order valence-corrected chi connectivity index (χ4v) is 2.33. The summed E-state index contributed by atoms with van der Waals surface area (Å²) in [6.07, 6.45) is 2.08. The van der Waals surface area contributed by atoms with Gasteiger partial charge in [-0.25, -0.2) is 0 Å². The molecule has 0 aliphatic heterocycles. The number of hydrogen-bond acceptors (Lipinski definition) is 4. The fourth-order valence-electron chi connectivity index (χ4n) is 2.33. The Labute approximate surface area is 155 Å². The predicted octanol–water partition coefficient (Wildman–Crippen LogP) is 4.53. The lowest BCUT2D eigenvalue weighted by Crippen LogP contribution is -2.15. The largest absolute Gasteiger partial charge is 0.494 e. The van der Waals surface area contributed by atoms with Crippen LogP contribution in [-0.2, 0) is 4.74 Å². The molecule has 0 unspecified atom stereocenters. The highest BCUT2D eigenvalue weighted by Crippen LogP contribution is 2.22. The standard InChI is InChI=1S/C21H27NO4/c1-3-5-13-25-18-10-8-9-17(16-18)22-21(23)19-11-6-7-12-20(19)26-15-14-24-4-2/h6-12,16H,3-5,13-15H2,1-2H3,(H,22,23). The summed E-state index contributed by atoms with van der Waals surface area (Å²) >= 11 is 0. The quantitative estimate of drug-likeness (QED) is 0.600. The Kier molecular flexibility index (Phi) is 8.49. The van der Waals surface area contributed by atoms with Crippen molar-refractivity contribution >= 4 is 11.6 Å². The van der Waals surface area contributed by atoms with E-state index in [1.54, 1.807) is 12.1 Å². The van der Waals surface area contributed by atoms with Gasteiger partial charge in [0.2, 0.25) is 0 Å². The van der Waals surface area contributed by atoms with Crippen LogP contribution >= 0.6 is 0 Å². The van der Waals surface area contributed by atoms with E-state index in [0.29, 0.717) is 43.4 Å². The first kappa shape index (κ1) is 19.8. The van der Waals surface area contributed by atoms with Crippen LogP contribution in [0.4, 0.5) is 5.69 Å². The maximum absolute atomic E-state index is 12.6. The zero-order chi connectivity index (χ0) is 18.6. The highest BCUT2D eigenvalue weighted by molar-refractivity contribution is 6.06. The van der Waals surface area contributed by atoms with E-state index < -0.39 is 0 Å². The molecular formula is C21H27NO4. The maximum atomic E-state index is 12.6. The number of nitrogens with one attached hydrogen (secondary N) is 1. The normalized spacial score (nSPS) is 10.4. The number of hydrogen-bond donors (Lipinski definition) is 1. The van der Waals surface area contributed by atoms with Crippen molar-refractivity contribution in [3.63, 3.8) is 0 Å². The van der Waals surface area contributed by atoms with Crippen LogP contribution in [0.1, 0.15) is 37.0 Å². The molecule has 0 bridgehead atoms. The summed E-state index contributed by atoms with van der Waals surface area (Å²) in [7, 11) is 0. The second-order valence-electron chi connectivity index (χ2n) is 5.73. The van der Waals surface area contributed by atoms with Crippen molar-refractivity contribution < 1.29 is 19.0 Å². The summed E-state index contributed by atoms with van der Waals surface area (Å²) < 4.78 is 16.6. The number of carbonyl (C=O) groups is 1. The number of amides is 1. The van der Waals surface area contributed by atoms with Gasteiger partial charge in [0, 0.05) is 18.4 Å². The maximum Gasteiger partial charge on any atom is 0.259 e. The molecule has 0 radical (unpaired) electrons. The Bertz CT molecular complexity index is 687. The zero-order valence-electron chi connectivity index (χ0n) is 15.5. The minimum absolute atomic E-state index is 0.220. The summed E-state index contributed by atoms with van der Waals surface area (Å²) in [5, 5.41) is 2.90. The van der Waals surface area contributed by atoms with Crippen LogP contribution in [0, 0.1) is 0 Å². The van der Waals surface area contributed by atoms with Gasteiger partial charge in [-0.1, -0.05) is 31.5 Å². The van der Waals surface area contributed by atoms with Crippen LogP contribution in [0.3, 0.4) is 0 Å².